The van der Waals surface area contributed by atoms with E-state index in [1.807, 2.05) is 0 Å². The van der Waals surface area contributed by atoms with Gasteiger partial charge in [0.15, 0.2) is 0 Å². The van der Waals surface area contributed by atoms with Gasteiger partial charge >= 0.3 is 11.9 Å². The van der Waals surface area contributed by atoms with E-state index in [1.165, 1.54) is 13.8 Å². The molecule has 1 saturated heterocycles. The van der Waals surface area contributed by atoms with Crippen molar-refractivity contribution < 1.29 is 23.8 Å². The van der Waals surface area contributed by atoms with Crippen molar-refractivity contribution in [2.75, 3.05) is 6.61 Å². The van der Waals surface area contributed by atoms with Crippen LogP contribution in [0, 0.1) is 0 Å². The summed E-state index contributed by atoms with van der Waals surface area (Å²) in [5.74, 6) is -0.741. The zero-order valence-corrected chi connectivity index (χ0v) is 10.2. The van der Waals surface area contributed by atoms with Gasteiger partial charge in [0.25, 0.3) is 0 Å². The zero-order valence-electron chi connectivity index (χ0n) is 8.57. The molecule has 86 valence electrons. The van der Waals surface area contributed by atoms with Gasteiger partial charge in [0, 0.05) is 20.3 Å². The minimum Gasteiger partial charge on any atom is -0.460 e. The Hall–Kier alpha value is -0.620. The molecule has 6 heteroatoms. The van der Waals surface area contributed by atoms with E-state index in [0.29, 0.717) is 13.0 Å². The van der Waals surface area contributed by atoms with Crippen LogP contribution in [-0.2, 0) is 23.8 Å². The van der Waals surface area contributed by atoms with E-state index in [2.05, 4.69) is 15.9 Å². The lowest BCUT2D eigenvalue weighted by Gasteiger charge is -2.32. The maximum Gasteiger partial charge on any atom is 0.303 e. The van der Waals surface area contributed by atoms with Crippen LogP contribution in [0.1, 0.15) is 20.3 Å². The molecule has 1 rings (SSSR count). The quantitative estimate of drug-likeness (QED) is 0.558. The Kier molecular flexibility index (Phi) is 4.53. The molecule has 0 bridgehead atoms. The fourth-order valence-corrected chi connectivity index (χ4v) is 1.85. The fraction of sp³-hybridized carbons (Fsp3) is 0.778. The Bertz CT molecular complexity index is 255. The number of carbonyl (C=O) groups excluding carboxylic acids is 2. The average molecular weight is 281 g/mol. The molecular formula is C9H13BrO5. The molecule has 0 aliphatic carbocycles. The van der Waals surface area contributed by atoms with Crippen LogP contribution in [0.4, 0.5) is 0 Å². The second-order valence-electron chi connectivity index (χ2n) is 3.30. The van der Waals surface area contributed by atoms with Gasteiger partial charge in [0.2, 0.25) is 0 Å². The second-order valence-corrected chi connectivity index (χ2v) is 4.20. The smallest absolute Gasteiger partial charge is 0.303 e. The monoisotopic (exact) mass is 280 g/mol. The third kappa shape index (κ3) is 4.17. The average Bonchev–Trinajstić information content (AvgIpc) is 2.09. The molecule has 0 N–H and O–H groups in total. The predicted molar refractivity (Wildman–Crippen MR) is 54.4 cm³/mol. The minimum absolute atomic E-state index is 0.313. The Labute approximate surface area is 96.2 Å². The lowest BCUT2D eigenvalue weighted by molar-refractivity contribution is -0.171. The molecule has 0 radical (unpaired) electrons. The number of ether oxygens (including phenoxy) is 3. The molecule has 15 heavy (non-hydrogen) atoms. The molecule has 0 saturated carbocycles. The van der Waals surface area contributed by atoms with Crippen molar-refractivity contribution >= 4 is 27.9 Å². The number of halogens is 1. The number of hydrogen-bond acceptors (Lipinski definition) is 5. The zero-order chi connectivity index (χ0) is 11.4. The fourth-order valence-electron chi connectivity index (χ4n) is 1.37. The van der Waals surface area contributed by atoms with Gasteiger partial charge in [-0.25, -0.2) is 0 Å². The Balaban J connectivity index is 2.47. The van der Waals surface area contributed by atoms with Gasteiger partial charge in [-0.2, -0.15) is 0 Å². The van der Waals surface area contributed by atoms with Crippen molar-refractivity contribution in [1.29, 1.82) is 0 Å². The SMILES string of the molecule is CC(=O)OC1COC(Br)C(OC(C)=O)C1. The molecule has 0 aromatic carbocycles. The van der Waals surface area contributed by atoms with Crippen LogP contribution in [0.25, 0.3) is 0 Å². The normalized spacial score (nSPS) is 30.7. The molecule has 1 fully saturated rings. The molecule has 5 nitrogen and oxygen atoms in total. The van der Waals surface area contributed by atoms with E-state index in [4.69, 9.17) is 14.2 Å². The lowest BCUT2D eigenvalue weighted by Crippen LogP contribution is -2.42. The van der Waals surface area contributed by atoms with Crippen molar-refractivity contribution in [2.24, 2.45) is 0 Å². The van der Waals surface area contributed by atoms with Crippen LogP contribution in [0.15, 0.2) is 0 Å². The van der Waals surface area contributed by atoms with Crippen LogP contribution in [0.5, 0.6) is 0 Å². The van der Waals surface area contributed by atoms with Gasteiger partial charge in [-0.1, -0.05) is 15.9 Å². The van der Waals surface area contributed by atoms with Crippen LogP contribution in [0.3, 0.4) is 0 Å². The molecule has 0 spiro atoms. The number of alkyl halides is 1. The maximum atomic E-state index is 10.8. The molecule has 1 heterocycles. The summed E-state index contributed by atoms with van der Waals surface area (Å²) >= 11 is 3.24. The number of esters is 2. The summed E-state index contributed by atoms with van der Waals surface area (Å²) in [6.45, 7) is 2.98. The Morgan fingerprint density at radius 3 is 2.40 bits per heavy atom. The summed E-state index contributed by atoms with van der Waals surface area (Å²) in [5, 5.41) is -0.340. The van der Waals surface area contributed by atoms with E-state index in [1.54, 1.807) is 0 Å². The largest absolute Gasteiger partial charge is 0.460 e. The summed E-state index contributed by atoms with van der Waals surface area (Å²) < 4.78 is 15.3. The number of carbonyl (C=O) groups is 2. The molecule has 3 unspecified atom stereocenters. The van der Waals surface area contributed by atoms with Crippen LogP contribution >= 0.6 is 15.9 Å². The molecule has 1 aliphatic heterocycles. The van der Waals surface area contributed by atoms with Crippen molar-refractivity contribution in [1.82, 2.24) is 0 Å². The first kappa shape index (κ1) is 12.4. The van der Waals surface area contributed by atoms with Gasteiger partial charge in [-0.05, 0) is 0 Å². The Morgan fingerprint density at radius 1 is 1.27 bits per heavy atom. The van der Waals surface area contributed by atoms with Gasteiger partial charge in [-0.3, -0.25) is 9.59 Å². The predicted octanol–water partition coefficient (Wildman–Crippen LogP) is 0.991. The van der Waals surface area contributed by atoms with Crippen molar-refractivity contribution in [2.45, 2.75) is 37.5 Å². The number of rotatable bonds is 2. The first-order valence-electron chi connectivity index (χ1n) is 4.59. The third-order valence-electron chi connectivity index (χ3n) is 1.88. The maximum absolute atomic E-state index is 10.8. The topological polar surface area (TPSA) is 61.8 Å². The van der Waals surface area contributed by atoms with Gasteiger partial charge in [0.05, 0.1) is 6.61 Å². The summed E-state index contributed by atoms with van der Waals surface area (Å²) in [7, 11) is 0. The van der Waals surface area contributed by atoms with E-state index < -0.39 is 6.10 Å². The molecule has 1 aliphatic rings. The summed E-state index contributed by atoms with van der Waals surface area (Å²) in [5.41, 5.74) is 0. The standard InChI is InChI=1S/C9H13BrO5/c1-5(11)14-7-3-8(15-6(2)12)9(10)13-4-7/h7-9H,3-4H2,1-2H3. The highest BCUT2D eigenvalue weighted by Crippen LogP contribution is 2.23. The van der Waals surface area contributed by atoms with Gasteiger partial charge in [-0.15, -0.1) is 0 Å². The van der Waals surface area contributed by atoms with E-state index >= 15 is 0 Å². The summed E-state index contributed by atoms with van der Waals surface area (Å²) in [6.07, 6.45) is -0.309. The van der Waals surface area contributed by atoms with E-state index in [0.717, 1.165) is 0 Å². The van der Waals surface area contributed by atoms with Crippen LogP contribution in [-0.4, -0.2) is 35.8 Å². The first-order chi connectivity index (χ1) is 6.99. The number of hydrogen-bond donors (Lipinski definition) is 0. The van der Waals surface area contributed by atoms with E-state index in [9.17, 15) is 9.59 Å². The van der Waals surface area contributed by atoms with Crippen LogP contribution in [0.2, 0.25) is 0 Å². The first-order valence-corrected chi connectivity index (χ1v) is 5.50. The molecule has 3 atom stereocenters. The van der Waals surface area contributed by atoms with Crippen LogP contribution < -0.4 is 0 Å². The highest BCUT2D eigenvalue weighted by atomic mass is 79.9. The minimum atomic E-state index is -0.416. The molecule has 0 aromatic rings. The second kappa shape index (κ2) is 5.46. The van der Waals surface area contributed by atoms with E-state index in [-0.39, 0.29) is 23.1 Å². The van der Waals surface area contributed by atoms with Gasteiger partial charge in [0.1, 0.15) is 17.2 Å². The highest BCUT2D eigenvalue weighted by molar-refractivity contribution is 9.09. The summed E-state index contributed by atoms with van der Waals surface area (Å²) in [4.78, 5) is 21.5. The lowest BCUT2D eigenvalue weighted by atomic mass is 10.1. The van der Waals surface area contributed by atoms with Crippen molar-refractivity contribution in [3.63, 3.8) is 0 Å². The molecule has 0 aromatic heterocycles. The van der Waals surface area contributed by atoms with Crippen molar-refractivity contribution in [3.05, 3.63) is 0 Å². The van der Waals surface area contributed by atoms with Gasteiger partial charge < -0.3 is 14.2 Å². The Morgan fingerprint density at radius 2 is 1.87 bits per heavy atom. The molecular weight excluding hydrogens is 268 g/mol. The summed E-state index contributed by atoms with van der Waals surface area (Å²) in [6, 6.07) is 0. The molecule has 0 amide bonds. The van der Waals surface area contributed by atoms with Crippen molar-refractivity contribution in [3.8, 4) is 0 Å². The third-order valence-corrected chi connectivity index (χ3v) is 2.73. The highest BCUT2D eigenvalue weighted by Gasteiger charge is 2.33.